The van der Waals surface area contributed by atoms with E-state index in [1.807, 2.05) is 42.5 Å². The van der Waals surface area contributed by atoms with Crippen LogP contribution in [0.4, 0.5) is 0 Å². The summed E-state index contributed by atoms with van der Waals surface area (Å²) in [6.45, 7) is 6.67. The number of halogens is 1. The number of hydrogen-bond donors (Lipinski definition) is 1. The highest BCUT2D eigenvalue weighted by atomic mass is 79.9. The van der Waals surface area contributed by atoms with E-state index in [9.17, 15) is 9.59 Å². The van der Waals surface area contributed by atoms with Crippen LogP contribution in [-0.2, 0) is 16.0 Å². The number of amides is 2. The average Bonchev–Trinajstić information content (AvgIpc) is 2.84. The SMILES string of the molecule is C=CC(=O)N(CCc1ccc(OC)c(OC)c1)C(C(=O)NCCCCC)c1ccccc1Br. The lowest BCUT2D eigenvalue weighted by Crippen LogP contribution is -2.44. The van der Waals surface area contributed by atoms with Crippen LogP contribution in [0, 0.1) is 0 Å². The molecular formula is C26H33BrN2O4. The van der Waals surface area contributed by atoms with Gasteiger partial charge in [0.25, 0.3) is 0 Å². The maximum absolute atomic E-state index is 13.3. The molecule has 0 bridgehead atoms. The fourth-order valence-corrected chi connectivity index (χ4v) is 4.10. The van der Waals surface area contributed by atoms with E-state index in [2.05, 4.69) is 34.7 Å². The van der Waals surface area contributed by atoms with Gasteiger partial charge < -0.3 is 19.7 Å². The van der Waals surface area contributed by atoms with Crippen LogP contribution in [0.3, 0.4) is 0 Å². The van der Waals surface area contributed by atoms with Crippen LogP contribution in [0.25, 0.3) is 0 Å². The number of carbonyl (C=O) groups excluding carboxylic acids is 2. The zero-order valence-corrected chi connectivity index (χ0v) is 21.2. The Morgan fingerprint density at radius 2 is 1.85 bits per heavy atom. The van der Waals surface area contributed by atoms with Crippen LogP contribution >= 0.6 is 15.9 Å². The summed E-state index contributed by atoms with van der Waals surface area (Å²) in [6, 6.07) is 12.3. The lowest BCUT2D eigenvalue weighted by Gasteiger charge is -2.31. The summed E-state index contributed by atoms with van der Waals surface area (Å²) in [5.74, 6) is 0.742. The second-order valence-corrected chi connectivity index (χ2v) is 8.45. The van der Waals surface area contributed by atoms with Crippen molar-refractivity contribution in [2.45, 2.75) is 38.6 Å². The van der Waals surface area contributed by atoms with Crippen LogP contribution in [0.2, 0.25) is 0 Å². The lowest BCUT2D eigenvalue weighted by molar-refractivity contribution is -0.137. The Bertz CT molecular complexity index is 948. The number of hydrogen-bond acceptors (Lipinski definition) is 4. The van der Waals surface area contributed by atoms with Gasteiger partial charge >= 0.3 is 0 Å². The Morgan fingerprint density at radius 3 is 2.48 bits per heavy atom. The molecule has 2 amide bonds. The minimum absolute atomic E-state index is 0.208. The fourth-order valence-electron chi connectivity index (χ4n) is 3.60. The first-order valence-electron chi connectivity index (χ1n) is 11.1. The van der Waals surface area contributed by atoms with Crippen molar-refractivity contribution in [2.24, 2.45) is 0 Å². The standard InChI is InChI=1S/C26H33BrN2O4/c1-5-7-10-16-28-26(31)25(20-11-8-9-12-21(20)27)29(24(30)6-2)17-15-19-13-14-22(32-3)23(18-19)33-4/h6,8-9,11-14,18,25H,2,5,7,10,15-17H2,1,3-4H3,(H,28,31). The van der Waals surface area contributed by atoms with Gasteiger partial charge in [0, 0.05) is 17.6 Å². The number of carbonyl (C=O) groups is 2. The molecule has 0 aromatic heterocycles. The van der Waals surface area contributed by atoms with Gasteiger partial charge in [-0.2, -0.15) is 0 Å². The van der Waals surface area contributed by atoms with Crippen molar-refractivity contribution in [1.29, 1.82) is 0 Å². The van der Waals surface area contributed by atoms with Gasteiger partial charge in [-0.25, -0.2) is 0 Å². The van der Waals surface area contributed by atoms with Crippen LogP contribution in [0.1, 0.15) is 43.4 Å². The highest BCUT2D eigenvalue weighted by Crippen LogP contribution is 2.30. The number of nitrogens with one attached hydrogen (secondary N) is 1. The van der Waals surface area contributed by atoms with E-state index < -0.39 is 6.04 Å². The predicted octanol–water partition coefficient (Wildman–Crippen LogP) is 5.07. The summed E-state index contributed by atoms with van der Waals surface area (Å²) in [4.78, 5) is 27.8. The van der Waals surface area contributed by atoms with Crippen molar-refractivity contribution in [3.8, 4) is 11.5 Å². The molecule has 2 aromatic carbocycles. The first-order chi connectivity index (χ1) is 16.0. The first kappa shape index (κ1) is 26.5. The van der Waals surface area contributed by atoms with E-state index in [-0.39, 0.29) is 11.8 Å². The molecule has 0 aliphatic carbocycles. The summed E-state index contributed by atoms with van der Waals surface area (Å²) in [5.41, 5.74) is 1.69. The molecule has 2 rings (SSSR count). The Balaban J connectivity index is 2.34. The van der Waals surface area contributed by atoms with Crippen molar-refractivity contribution in [3.63, 3.8) is 0 Å². The molecule has 0 radical (unpaired) electrons. The number of ether oxygens (including phenoxy) is 2. The van der Waals surface area contributed by atoms with Crippen LogP contribution < -0.4 is 14.8 Å². The highest BCUT2D eigenvalue weighted by Gasteiger charge is 2.31. The third-order valence-corrected chi connectivity index (χ3v) is 6.11. The van der Waals surface area contributed by atoms with Gasteiger partial charge in [0.05, 0.1) is 14.2 Å². The van der Waals surface area contributed by atoms with Crippen LogP contribution in [0.15, 0.2) is 59.6 Å². The van der Waals surface area contributed by atoms with Gasteiger partial charge in [-0.1, -0.05) is 66.5 Å². The summed E-state index contributed by atoms with van der Waals surface area (Å²) in [7, 11) is 3.17. The summed E-state index contributed by atoms with van der Waals surface area (Å²) in [6.07, 6.45) is 4.78. The van der Waals surface area contributed by atoms with Crippen molar-refractivity contribution in [1.82, 2.24) is 10.2 Å². The topological polar surface area (TPSA) is 67.9 Å². The maximum Gasteiger partial charge on any atom is 0.247 e. The Morgan fingerprint density at radius 1 is 1.12 bits per heavy atom. The molecule has 1 N–H and O–H groups in total. The quantitative estimate of drug-likeness (QED) is 0.298. The van der Waals surface area contributed by atoms with Gasteiger partial charge in [0.15, 0.2) is 11.5 Å². The maximum atomic E-state index is 13.3. The molecule has 7 heteroatoms. The third kappa shape index (κ3) is 7.35. The molecule has 6 nitrogen and oxygen atoms in total. The average molecular weight is 517 g/mol. The molecular weight excluding hydrogens is 484 g/mol. The second-order valence-electron chi connectivity index (χ2n) is 7.60. The molecule has 0 saturated carbocycles. The molecule has 1 unspecified atom stereocenters. The molecule has 178 valence electrons. The molecule has 0 aliphatic heterocycles. The molecule has 0 fully saturated rings. The van der Waals surface area contributed by atoms with E-state index in [4.69, 9.17) is 9.47 Å². The Kier molecular flexibility index (Phi) is 11.0. The van der Waals surface area contributed by atoms with Crippen LogP contribution in [-0.4, -0.2) is 44.0 Å². The number of methoxy groups -OCH3 is 2. The lowest BCUT2D eigenvalue weighted by atomic mass is 10.0. The Labute approximate surface area is 205 Å². The highest BCUT2D eigenvalue weighted by molar-refractivity contribution is 9.10. The molecule has 33 heavy (non-hydrogen) atoms. The minimum atomic E-state index is -0.784. The van der Waals surface area contributed by atoms with Gasteiger partial charge in [0.1, 0.15) is 6.04 Å². The molecule has 0 aliphatic rings. The molecule has 0 spiro atoms. The molecule has 0 heterocycles. The summed E-state index contributed by atoms with van der Waals surface area (Å²) < 4.78 is 11.5. The zero-order chi connectivity index (χ0) is 24.2. The first-order valence-corrected chi connectivity index (χ1v) is 11.9. The minimum Gasteiger partial charge on any atom is -0.493 e. The smallest absolute Gasteiger partial charge is 0.247 e. The monoisotopic (exact) mass is 516 g/mol. The number of nitrogens with zero attached hydrogens (tertiary/aromatic N) is 1. The van der Waals surface area contributed by atoms with Crippen molar-refractivity contribution < 1.29 is 19.1 Å². The summed E-state index contributed by atoms with van der Waals surface area (Å²) in [5, 5.41) is 3.01. The van der Waals surface area contributed by atoms with E-state index in [1.165, 1.54) is 6.08 Å². The normalized spacial score (nSPS) is 11.4. The van der Waals surface area contributed by atoms with Gasteiger partial charge in [-0.15, -0.1) is 0 Å². The predicted molar refractivity (Wildman–Crippen MR) is 135 cm³/mol. The van der Waals surface area contributed by atoms with Gasteiger partial charge in [-0.05, 0) is 48.2 Å². The van der Waals surface area contributed by atoms with Gasteiger partial charge in [-0.3, -0.25) is 9.59 Å². The number of benzene rings is 2. The van der Waals surface area contributed by atoms with E-state index in [1.54, 1.807) is 19.1 Å². The fraction of sp³-hybridized carbons (Fsp3) is 0.385. The summed E-state index contributed by atoms with van der Waals surface area (Å²) >= 11 is 3.55. The largest absolute Gasteiger partial charge is 0.493 e. The number of rotatable bonds is 13. The van der Waals surface area contributed by atoms with Gasteiger partial charge in [0.2, 0.25) is 11.8 Å². The Hall–Kier alpha value is -2.80. The third-order valence-electron chi connectivity index (χ3n) is 5.39. The van der Waals surface area contributed by atoms with E-state index >= 15 is 0 Å². The van der Waals surface area contributed by atoms with Crippen molar-refractivity contribution >= 4 is 27.7 Å². The van der Waals surface area contributed by atoms with Crippen LogP contribution in [0.5, 0.6) is 11.5 Å². The van der Waals surface area contributed by atoms with E-state index in [0.29, 0.717) is 31.0 Å². The van der Waals surface area contributed by atoms with Crippen molar-refractivity contribution in [3.05, 3.63) is 70.7 Å². The zero-order valence-electron chi connectivity index (χ0n) is 19.6. The number of unbranched alkanes of at least 4 members (excludes halogenated alkanes) is 2. The molecule has 0 saturated heterocycles. The van der Waals surface area contributed by atoms with E-state index in [0.717, 1.165) is 34.9 Å². The molecule has 1 atom stereocenters. The second kappa shape index (κ2) is 13.7. The molecule has 2 aromatic rings. The van der Waals surface area contributed by atoms with Crippen molar-refractivity contribution in [2.75, 3.05) is 27.3 Å².